The van der Waals surface area contributed by atoms with Crippen LogP contribution < -0.4 is 14.8 Å². The van der Waals surface area contributed by atoms with Crippen molar-refractivity contribution in [2.75, 3.05) is 49.9 Å². The molecule has 0 fully saturated rings. The first-order valence-electron chi connectivity index (χ1n) is 15.7. The minimum Gasteiger partial charge on any atom is -0.461 e. The van der Waals surface area contributed by atoms with Gasteiger partial charge >= 0.3 is 0 Å². The van der Waals surface area contributed by atoms with Gasteiger partial charge in [-0.05, 0) is 88.7 Å². The second kappa shape index (κ2) is 15.7. The number of hydrogen-bond acceptors (Lipinski definition) is 9. The topological polar surface area (TPSA) is 116 Å². The Labute approximate surface area is 276 Å². The largest absolute Gasteiger partial charge is 0.461 e. The summed E-state index contributed by atoms with van der Waals surface area (Å²) < 4.78 is 47.2. The number of anilines is 1. The van der Waals surface area contributed by atoms with Crippen LogP contribution >= 0.6 is 12.0 Å². The van der Waals surface area contributed by atoms with Gasteiger partial charge in [-0.15, -0.1) is 4.33 Å². The summed E-state index contributed by atoms with van der Waals surface area (Å²) in [6.07, 6.45) is 6.87. The van der Waals surface area contributed by atoms with Gasteiger partial charge in [0.2, 0.25) is 5.36 Å². The monoisotopic (exact) mass is 672 g/mol. The summed E-state index contributed by atoms with van der Waals surface area (Å²) in [4.78, 5) is 4.33. The Morgan fingerprint density at radius 3 is 2.48 bits per heavy atom. The third-order valence-corrected chi connectivity index (χ3v) is 10.2. The van der Waals surface area contributed by atoms with Crippen LogP contribution in [-0.4, -0.2) is 68.1 Å². The fraction of sp³-hybridized carbons (Fsp3) is 0.441. The van der Waals surface area contributed by atoms with Gasteiger partial charge in [0, 0.05) is 59.3 Å². The number of nitrogens with zero attached hydrogens (tertiary/aromatic N) is 3. The maximum Gasteiger partial charge on any atom is 0.294 e. The zero-order valence-corrected chi connectivity index (χ0v) is 29.2. The van der Waals surface area contributed by atoms with Gasteiger partial charge in [0.25, 0.3) is 10.1 Å². The molecule has 1 aromatic rings. The molecule has 10 nitrogen and oxygen atoms in total. The first-order valence-corrected chi connectivity index (χ1v) is 18.1. The molecule has 0 radical (unpaired) electrons. The van der Waals surface area contributed by atoms with Crippen LogP contribution in [0, 0.1) is 6.92 Å². The van der Waals surface area contributed by atoms with Gasteiger partial charge in [-0.3, -0.25) is 4.55 Å². The minimum atomic E-state index is -4.41. The highest BCUT2D eigenvalue weighted by Crippen LogP contribution is 2.49. The molecule has 250 valence electrons. The maximum atomic E-state index is 12.2. The van der Waals surface area contributed by atoms with Crippen LogP contribution in [0.25, 0.3) is 17.4 Å². The van der Waals surface area contributed by atoms with E-state index in [4.69, 9.17) is 9.67 Å². The second-order valence-electron chi connectivity index (χ2n) is 11.5. The van der Waals surface area contributed by atoms with Crippen LogP contribution in [0.1, 0.15) is 57.9 Å². The molecule has 3 aliphatic rings. The Morgan fingerprint density at radius 2 is 1.83 bits per heavy atom. The average molecular weight is 673 g/mol. The second-order valence-corrected chi connectivity index (χ2v) is 13.7. The van der Waals surface area contributed by atoms with E-state index in [2.05, 4.69) is 88.7 Å². The SMILES string of the molecule is CCN(CC)CC1(C)/C(=C/C=C/c2cc(C)oc3cc(=[N+](CC)CC)ccc2-3)N(CCCSOOO)c2cc(S(=O)(=O)O)ccc21. The number of rotatable bonds is 15. The van der Waals surface area contributed by atoms with E-state index in [1.807, 2.05) is 25.1 Å². The summed E-state index contributed by atoms with van der Waals surface area (Å²) >= 11 is 0.979. The van der Waals surface area contributed by atoms with Crippen LogP contribution in [0.5, 0.6) is 0 Å². The van der Waals surface area contributed by atoms with Crippen molar-refractivity contribution in [1.29, 1.82) is 0 Å². The molecule has 1 atom stereocenters. The van der Waals surface area contributed by atoms with E-state index in [1.165, 1.54) is 6.07 Å². The van der Waals surface area contributed by atoms with Crippen molar-refractivity contribution >= 4 is 33.9 Å². The fourth-order valence-corrected chi connectivity index (χ4v) is 7.20. The Hall–Kier alpha value is -2.97. The normalized spacial score (nSPS) is 17.6. The number of likely N-dealkylation sites (N-methyl/N-ethyl adjacent to an activating group) is 1. The Morgan fingerprint density at radius 1 is 1.09 bits per heavy atom. The third-order valence-electron chi connectivity index (χ3n) is 8.70. The van der Waals surface area contributed by atoms with E-state index < -0.39 is 15.5 Å². The molecule has 2 heterocycles. The first kappa shape index (κ1) is 35.9. The minimum absolute atomic E-state index is 0.149. The molecule has 1 unspecified atom stereocenters. The summed E-state index contributed by atoms with van der Waals surface area (Å²) in [7, 11) is -4.41. The first-order chi connectivity index (χ1) is 22.0. The van der Waals surface area contributed by atoms with Gasteiger partial charge in [-0.1, -0.05) is 37.1 Å². The average Bonchev–Trinajstić information content (AvgIpc) is 3.26. The third kappa shape index (κ3) is 7.93. The van der Waals surface area contributed by atoms with E-state index in [9.17, 15) is 13.0 Å². The quantitative estimate of drug-likeness (QED) is 0.0481. The number of aryl methyl sites for hydroxylation is 1. The van der Waals surface area contributed by atoms with E-state index in [1.54, 1.807) is 6.07 Å². The summed E-state index contributed by atoms with van der Waals surface area (Å²) in [6.45, 7) is 17.5. The summed E-state index contributed by atoms with van der Waals surface area (Å²) in [5.41, 5.74) is 4.28. The van der Waals surface area contributed by atoms with Gasteiger partial charge in [0.1, 0.15) is 24.6 Å². The fourth-order valence-electron chi connectivity index (χ4n) is 6.34. The van der Waals surface area contributed by atoms with E-state index in [0.717, 1.165) is 83.2 Å². The van der Waals surface area contributed by atoms with Crippen LogP contribution in [-0.2, 0) is 24.9 Å². The van der Waals surface area contributed by atoms with E-state index >= 15 is 0 Å². The van der Waals surface area contributed by atoms with Gasteiger partial charge in [-0.25, -0.2) is 9.83 Å². The van der Waals surface area contributed by atoms with Crippen molar-refractivity contribution in [3.63, 3.8) is 0 Å². The Kier molecular flexibility index (Phi) is 12.3. The summed E-state index contributed by atoms with van der Waals surface area (Å²) in [5, 5.41) is 13.4. The highest BCUT2D eigenvalue weighted by Gasteiger charge is 2.44. The van der Waals surface area contributed by atoms with Gasteiger partial charge < -0.3 is 14.2 Å². The molecule has 1 aliphatic carbocycles. The molecule has 4 rings (SSSR count). The molecule has 0 bridgehead atoms. The molecule has 12 heteroatoms. The van der Waals surface area contributed by atoms with Crippen molar-refractivity contribution < 1.29 is 32.0 Å². The molecule has 2 aliphatic heterocycles. The van der Waals surface area contributed by atoms with Crippen molar-refractivity contribution in [3.8, 4) is 11.3 Å². The Bertz CT molecular complexity index is 1710. The number of hydrogen-bond donors (Lipinski definition) is 2. The van der Waals surface area contributed by atoms with Crippen molar-refractivity contribution in [3.05, 3.63) is 82.6 Å². The molecule has 0 spiro atoms. The van der Waals surface area contributed by atoms with Crippen molar-refractivity contribution in [1.82, 2.24) is 9.48 Å². The smallest absolute Gasteiger partial charge is 0.294 e. The standard InChI is InChI=1S/C34H45N3O7S2/c1-7-35(8-2)24-34(6)30-18-16-28(46(39,40)41)23-31(30)37(19-12-20-45-44-43-38)33(34)14-11-13-26-21-25(5)42-32-22-27(15-17-29(26)32)36(9-3)10-4/h11,13-18,21-23H,7-10,12,19-20,24H2,1-6H3,(H-,38,39,40,41)/p+1. The van der Waals surface area contributed by atoms with Crippen LogP contribution in [0.15, 0.2) is 69.6 Å². The van der Waals surface area contributed by atoms with Crippen molar-refractivity contribution in [2.24, 2.45) is 0 Å². The molecule has 0 saturated carbocycles. The molecular weight excluding hydrogens is 627 g/mol. The lowest BCUT2D eigenvalue weighted by Crippen LogP contribution is -2.41. The lowest BCUT2D eigenvalue weighted by Gasteiger charge is -2.34. The Balaban J connectivity index is 1.84. The van der Waals surface area contributed by atoms with Crippen molar-refractivity contribution in [2.45, 2.75) is 58.3 Å². The zero-order chi connectivity index (χ0) is 33.5. The van der Waals surface area contributed by atoms with Gasteiger partial charge in [0.15, 0.2) is 0 Å². The number of fused-ring (bicyclic) bond motifs is 2. The van der Waals surface area contributed by atoms with Crippen LogP contribution in [0.4, 0.5) is 5.69 Å². The lowest BCUT2D eigenvalue weighted by atomic mass is 9.80. The summed E-state index contributed by atoms with van der Waals surface area (Å²) in [5.74, 6) is 2.15. The zero-order valence-electron chi connectivity index (χ0n) is 27.5. The van der Waals surface area contributed by atoms with Gasteiger partial charge in [-0.2, -0.15) is 8.42 Å². The molecule has 0 amide bonds. The maximum absolute atomic E-state index is 12.2. The predicted molar refractivity (Wildman–Crippen MR) is 184 cm³/mol. The van der Waals surface area contributed by atoms with Crippen LogP contribution in [0.3, 0.4) is 0 Å². The predicted octanol–water partition coefficient (Wildman–Crippen LogP) is 6.23. The molecule has 46 heavy (non-hydrogen) atoms. The lowest BCUT2D eigenvalue weighted by molar-refractivity contribution is -0.432. The van der Waals surface area contributed by atoms with E-state index in [-0.39, 0.29) is 4.90 Å². The highest BCUT2D eigenvalue weighted by molar-refractivity contribution is 7.94. The van der Waals surface area contributed by atoms with Gasteiger partial charge in [0.05, 0.1) is 11.0 Å². The molecule has 0 aromatic heterocycles. The highest BCUT2D eigenvalue weighted by atomic mass is 32.2. The molecule has 2 N–H and O–H groups in total. The van der Waals surface area contributed by atoms with E-state index in [0.29, 0.717) is 25.3 Å². The number of allylic oxidation sites excluding steroid dienone is 2. The molecule has 1 aromatic carbocycles. The molecular formula is C34H46N3O7S2+. The van der Waals surface area contributed by atoms with Crippen LogP contribution in [0.2, 0.25) is 0 Å². The molecule has 0 saturated heterocycles. The number of benzene rings is 2. The summed E-state index contributed by atoms with van der Waals surface area (Å²) in [6, 6.07) is 13.2.